The van der Waals surface area contributed by atoms with Crippen molar-refractivity contribution in [1.29, 1.82) is 0 Å². The zero-order valence-electron chi connectivity index (χ0n) is 14.0. The number of oxime groups is 1. The van der Waals surface area contributed by atoms with Gasteiger partial charge in [0.05, 0.1) is 18.0 Å². The second-order valence-electron chi connectivity index (χ2n) is 5.75. The van der Waals surface area contributed by atoms with Crippen LogP contribution in [-0.4, -0.2) is 32.8 Å². The van der Waals surface area contributed by atoms with Gasteiger partial charge in [-0.3, -0.25) is 15.6 Å². The summed E-state index contributed by atoms with van der Waals surface area (Å²) in [5.74, 6) is -0.168. The van der Waals surface area contributed by atoms with Gasteiger partial charge in [-0.25, -0.2) is 9.97 Å². The molecule has 1 unspecified atom stereocenters. The molecule has 0 saturated heterocycles. The quantitative estimate of drug-likeness (QED) is 0.706. The van der Waals surface area contributed by atoms with Crippen LogP contribution in [0.2, 0.25) is 0 Å². The first kappa shape index (κ1) is 16.8. The minimum atomic E-state index is -0.718. The molecular weight excluding hydrogens is 322 g/mol. The van der Waals surface area contributed by atoms with E-state index in [0.29, 0.717) is 17.8 Å². The summed E-state index contributed by atoms with van der Waals surface area (Å²) in [6.07, 6.45) is -0.334. The summed E-state index contributed by atoms with van der Waals surface area (Å²) in [6.45, 7) is 3.56. The molecule has 25 heavy (non-hydrogen) atoms. The van der Waals surface area contributed by atoms with E-state index >= 15 is 0 Å². The Hall–Kier alpha value is -3.00. The van der Waals surface area contributed by atoms with E-state index in [-0.39, 0.29) is 18.5 Å². The van der Waals surface area contributed by atoms with E-state index in [1.807, 2.05) is 31.2 Å². The second-order valence-corrected chi connectivity index (χ2v) is 5.75. The fourth-order valence-corrected chi connectivity index (χ4v) is 2.54. The van der Waals surface area contributed by atoms with Crippen molar-refractivity contribution >= 4 is 17.6 Å². The molecule has 0 spiro atoms. The Kier molecular flexibility index (Phi) is 4.90. The van der Waals surface area contributed by atoms with Crippen molar-refractivity contribution in [1.82, 2.24) is 15.4 Å². The lowest BCUT2D eigenvalue weighted by molar-refractivity contribution is -0.130. The van der Waals surface area contributed by atoms with Crippen molar-refractivity contribution in [2.45, 2.75) is 33.0 Å². The van der Waals surface area contributed by atoms with Crippen LogP contribution in [0.5, 0.6) is 0 Å². The SMILES string of the molecule is Cc1cc(CO)nc(NNC(=O)C2CC(c3ccccc3C)=NO2)n1. The minimum absolute atomic E-state index is 0.203. The molecule has 0 saturated carbocycles. The molecule has 0 radical (unpaired) electrons. The van der Waals surface area contributed by atoms with Crippen LogP contribution >= 0.6 is 0 Å². The van der Waals surface area contributed by atoms with Gasteiger partial charge in [0.25, 0.3) is 5.91 Å². The minimum Gasteiger partial charge on any atom is -0.390 e. The molecule has 0 bridgehead atoms. The molecule has 1 aliphatic rings. The fraction of sp³-hybridized carbons (Fsp3) is 0.294. The van der Waals surface area contributed by atoms with E-state index in [1.165, 1.54) is 0 Å². The molecule has 3 rings (SSSR count). The molecular formula is C17H19N5O3. The maximum Gasteiger partial charge on any atom is 0.282 e. The molecule has 2 heterocycles. The number of hydrazine groups is 1. The molecule has 1 amide bonds. The van der Waals surface area contributed by atoms with Gasteiger partial charge in [-0.1, -0.05) is 29.4 Å². The first-order chi connectivity index (χ1) is 12.1. The molecule has 1 aromatic carbocycles. The van der Waals surface area contributed by atoms with E-state index in [2.05, 4.69) is 26.0 Å². The monoisotopic (exact) mass is 341 g/mol. The van der Waals surface area contributed by atoms with Crippen molar-refractivity contribution < 1.29 is 14.7 Å². The molecule has 8 heteroatoms. The Balaban J connectivity index is 1.59. The maximum atomic E-state index is 12.2. The van der Waals surface area contributed by atoms with Gasteiger partial charge in [0, 0.05) is 17.7 Å². The van der Waals surface area contributed by atoms with E-state index in [1.54, 1.807) is 13.0 Å². The maximum absolute atomic E-state index is 12.2. The zero-order valence-corrected chi connectivity index (χ0v) is 14.0. The number of amides is 1. The summed E-state index contributed by atoms with van der Waals surface area (Å²) in [5, 5.41) is 13.2. The third-order valence-electron chi connectivity index (χ3n) is 3.78. The molecule has 1 atom stereocenters. The number of nitrogens with zero attached hydrogens (tertiary/aromatic N) is 3. The average molecular weight is 341 g/mol. The molecule has 130 valence electrons. The third-order valence-corrected chi connectivity index (χ3v) is 3.78. The van der Waals surface area contributed by atoms with Gasteiger partial charge in [0.15, 0.2) is 0 Å². The van der Waals surface area contributed by atoms with E-state index in [0.717, 1.165) is 16.8 Å². The van der Waals surface area contributed by atoms with Gasteiger partial charge in [-0.15, -0.1) is 0 Å². The van der Waals surface area contributed by atoms with E-state index in [4.69, 9.17) is 9.94 Å². The summed E-state index contributed by atoms with van der Waals surface area (Å²) in [5.41, 5.74) is 9.09. The Bertz CT molecular complexity index is 822. The van der Waals surface area contributed by atoms with Crippen LogP contribution in [0.15, 0.2) is 35.5 Å². The third kappa shape index (κ3) is 3.92. The predicted molar refractivity (Wildman–Crippen MR) is 91.7 cm³/mol. The molecule has 1 aromatic heterocycles. The Morgan fingerprint density at radius 2 is 2.12 bits per heavy atom. The molecule has 1 aliphatic heterocycles. The van der Waals surface area contributed by atoms with Gasteiger partial charge in [0.1, 0.15) is 0 Å². The lowest BCUT2D eigenvalue weighted by Gasteiger charge is -2.11. The Morgan fingerprint density at radius 3 is 2.88 bits per heavy atom. The summed E-state index contributed by atoms with van der Waals surface area (Å²) in [7, 11) is 0. The number of aliphatic hydroxyl groups is 1. The summed E-state index contributed by atoms with van der Waals surface area (Å²) in [4.78, 5) is 25.7. The number of rotatable bonds is 5. The van der Waals surface area contributed by atoms with Crippen LogP contribution in [0.4, 0.5) is 5.95 Å². The normalized spacial score (nSPS) is 16.1. The standard InChI is InChI=1S/C17H19N5O3/c1-10-5-3-4-6-13(10)14-8-15(25-22-14)16(24)20-21-17-18-11(2)7-12(9-23)19-17/h3-7,15,23H,8-9H2,1-2H3,(H,20,24)(H,18,19,21). The number of carbonyl (C=O) groups excluding carboxylic acids is 1. The van der Waals surface area contributed by atoms with Crippen molar-refractivity contribution in [3.05, 3.63) is 52.8 Å². The van der Waals surface area contributed by atoms with E-state index in [9.17, 15) is 4.79 Å². The van der Waals surface area contributed by atoms with Crippen LogP contribution in [0, 0.1) is 13.8 Å². The number of hydrogen-bond acceptors (Lipinski definition) is 7. The smallest absolute Gasteiger partial charge is 0.282 e. The Labute approximate surface area is 144 Å². The van der Waals surface area contributed by atoms with Crippen LogP contribution in [0.3, 0.4) is 0 Å². The number of aliphatic hydroxyl groups excluding tert-OH is 1. The van der Waals surface area contributed by atoms with Gasteiger partial charge in [-0.05, 0) is 25.5 Å². The van der Waals surface area contributed by atoms with Gasteiger partial charge in [-0.2, -0.15) is 0 Å². The number of nitrogens with one attached hydrogen (secondary N) is 2. The number of aromatic nitrogens is 2. The number of aryl methyl sites for hydroxylation is 2. The molecule has 3 N–H and O–H groups in total. The first-order valence-electron chi connectivity index (χ1n) is 7.87. The number of carbonyl (C=O) groups is 1. The molecule has 2 aromatic rings. The predicted octanol–water partition coefficient (Wildman–Crippen LogP) is 1.22. The number of hydrogen-bond donors (Lipinski definition) is 3. The van der Waals surface area contributed by atoms with Crippen LogP contribution in [-0.2, 0) is 16.2 Å². The lowest BCUT2D eigenvalue weighted by Crippen LogP contribution is -2.39. The van der Waals surface area contributed by atoms with E-state index < -0.39 is 6.10 Å². The van der Waals surface area contributed by atoms with Crippen molar-refractivity contribution in [2.24, 2.45) is 5.16 Å². The van der Waals surface area contributed by atoms with Crippen LogP contribution < -0.4 is 10.9 Å². The topological polar surface area (TPSA) is 109 Å². The molecule has 0 fully saturated rings. The Morgan fingerprint density at radius 1 is 1.32 bits per heavy atom. The van der Waals surface area contributed by atoms with Crippen LogP contribution in [0.1, 0.15) is 28.9 Å². The largest absolute Gasteiger partial charge is 0.390 e. The molecule has 8 nitrogen and oxygen atoms in total. The highest BCUT2D eigenvalue weighted by atomic mass is 16.6. The number of anilines is 1. The first-order valence-corrected chi connectivity index (χ1v) is 7.87. The number of benzene rings is 1. The van der Waals surface area contributed by atoms with Gasteiger partial charge in [0.2, 0.25) is 12.1 Å². The summed E-state index contributed by atoms with van der Waals surface area (Å²) in [6, 6.07) is 9.47. The van der Waals surface area contributed by atoms with Gasteiger partial charge >= 0.3 is 0 Å². The fourth-order valence-electron chi connectivity index (χ4n) is 2.54. The average Bonchev–Trinajstić information content (AvgIpc) is 3.09. The second kappa shape index (κ2) is 7.27. The van der Waals surface area contributed by atoms with Gasteiger partial charge < -0.3 is 9.94 Å². The van der Waals surface area contributed by atoms with Crippen molar-refractivity contribution in [3.63, 3.8) is 0 Å². The van der Waals surface area contributed by atoms with Crippen molar-refractivity contribution in [2.75, 3.05) is 5.43 Å². The highest BCUT2D eigenvalue weighted by Gasteiger charge is 2.29. The van der Waals surface area contributed by atoms with Crippen LogP contribution in [0.25, 0.3) is 0 Å². The zero-order chi connectivity index (χ0) is 17.8. The van der Waals surface area contributed by atoms with Crippen molar-refractivity contribution in [3.8, 4) is 0 Å². The molecule has 0 aliphatic carbocycles. The highest BCUT2D eigenvalue weighted by molar-refractivity contribution is 6.05. The lowest BCUT2D eigenvalue weighted by atomic mass is 10.0. The highest BCUT2D eigenvalue weighted by Crippen LogP contribution is 2.19. The summed E-state index contributed by atoms with van der Waals surface area (Å²) >= 11 is 0. The summed E-state index contributed by atoms with van der Waals surface area (Å²) < 4.78 is 0.